The van der Waals surface area contributed by atoms with Gasteiger partial charge in [0.15, 0.2) is 11.6 Å². The van der Waals surface area contributed by atoms with Gasteiger partial charge >= 0.3 is 0 Å². The second-order valence-electron chi connectivity index (χ2n) is 5.05. The van der Waals surface area contributed by atoms with Gasteiger partial charge in [0.05, 0.1) is 5.69 Å². The number of rotatable bonds is 3. The Bertz CT molecular complexity index is 618. The van der Waals surface area contributed by atoms with E-state index < -0.39 is 0 Å². The lowest BCUT2D eigenvalue weighted by Gasteiger charge is -2.11. The van der Waals surface area contributed by atoms with Crippen molar-refractivity contribution in [1.82, 2.24) is 9.97 Å². The summed E-state index contributed by atoms with van der Waals surface area (Å²) in [5.41, 5.74) is 4.29. The molecule has 0 N–H and O–H groups in total. The van der Waals surface area contributed by atoms with E-state index in [1.807, 2.05) is 6.07 Å². The molecule has 1 aromatic carbocycles. The Morgan fingerprint density at radius 3 is 2.58 bits per heavy atom. The predicted octanol–water partition coefficient (Wildman–Crippen LogP) is 3.78. The normalized spacial score (nSPS) is 10.8. The Morgan fingerprint density at radius 2 is 1.95 bits per heavy atom. The summed E-state index contributed by atoms with van der Waals surface area (Å²) >= 11 is 0. The lowest BCUT2D eigenvalue weighted by Crippen LogP contribution is -2.02. The van der Waals surface area contributed by atoms with E-state index in [9.17, 15) is 4.79 Å². The molecule has 0 bridgehead atoms. The molecule has 19 heavy (non-hydrogen) atoms. The van der Waals surface area contributed by atoms with Gasteiger partial charge in [0, 0.05) is 18.7 Å². The fraction of sp³-hybridized carbons (Fsp3) is 0.312. The van der Waals surface area contributed by atoms with Crippen LogP contribution in [0.1, 0.15) is 48.4 Å². The number of nitrogens with zero attached hydrogens (tertiary/aromatic N) is 2. The number of ketones is 1. The van der Waals surface area contributed by atoms with Gasteiger partial charge in [-0.2, -0.15) is 0 Å². The quantitative estimate of drug-likeness (QED) is 0.783. The number of hydrogen-bond acceptors (Lipinski definition) is 3. The molecule has 0 aliphatic carbocycles. The summed E-state index contributed by atoms with van der Waals surface area (Å²) in [5, 5.41) is 0. The van der Waals surface area contributed by atoms with E-state index in [-0.39, 0.29) is 11.6 Å². The number of Topliss-reactive ketones (excluding diaryl/α,β-unsaturated/α-hetero) is 1. The van der Waals surface area contributed by atoms with E-state index in [1.165, 1.54) is 12.5 Å². The topological polar surface area (TPSA) is 42.9 Å². The highest BCUT2D eigenvalue weighted by Gasteiger charge is 2.09. The van der Waals surface area contributed by atoms with Crippen molar-refractivity contribution >= 4 is 5.78 Å². The van der Waals surface area contributed by atoms with E-state index in [0.29, 0.717) is 5.92 Å². The van der Waals surface area contributed by atoms with Crippen LogP contribution in [-0.4, -0.2) is 15.8 Å². The van der Waals surface area contributed by atoms with E-state index >= 15 is 0 Å². The maximum atomic E-state index is 11.4. The van der Waals surface area contributed by atoms with Crippen LogP contribution in [0.5, 0.6) is 0 Å². The van der Waals surface area contributed by atoms with Gasteiger partial charge in [0.25, 0.3) is 0 Å². The first-order valence-electron chi connectivity index (χ1n) is 6.44. The van der Waals surface area contributed by atoms with E-state index in [1.54, 1.807) is 6.20 Å². The number of aromatic nitrogens is 2. The lowest BCUT2D eigenvalue weighted by atomic mass is 9.96. The Labute approximate surface area is 113 Å². The minimum absolute atomic E-state index is 0.112. The number of aryl methyl sites for hydroxylation is 1. The molecule has 0 spiro atoms. The van der Waals surface area contributed by atoms with Crippen LogP contribution in [0.4, 0.5) is 0 Å². The Morgan fingerprint density at radius 1 is 1.21 bits per heavy atom. The molecule has 0 radical (unpaired) electrons. The summed E-state index contributed by atoms with van der Waals surface area (Å²) in [7, 11) is 0. The number of carbonyl (C=O) groups excluding carboxylic acids is 1. The SMILES string of the molecule is CC(=O)c1nccc(-c2cc(C(C)C)ccc2C)n1. The molecule has 0 amide bonds. The fourth-order valence-electron chi connectivity index (χ4n) is 1.95. The molecule has 0 saturated carbocycles. The highest BCUT2D eigenvalue weighted by atomic mass is 16.1. The summed E-state index contributed by atoms with van der Waals surface area (Å²) in [5.74, 6) is 0.625. The van der Waals surface area contributed by atoms with Gasteiger partial charge in [0.1, 0.15) is 0 Å². The highest BCUT2D eigenvalue weighted by Crippen LogP contribution is 2.26. The van der Waals surface area contributed by atoms with Crippen LogP contribution in [-0.2, 0) is 0 Å². The van der Waals surface area contributed by atoms with Gasteiger partial charge in [-0.05, 0) is 36.1 Å². The van der Waals surface area contributed by atoms with E-state index in [2.05, 4.69) is 48.9 Å². The summed E-state index contributed by atoms with van der Waals surface area (Å²) in [6, 6.07) is 8.22. The molecule has 0 aliphatic heterocycles. The molecular formula is C16H18N2O. The van der Waals surface area contributed by atoms with Crippen molar-refractivity contribution in [3.63, 3.8) is 0 Å². The zero-order chi connectivity index (χ0) is 14.0. The highest BCUT2D eigenvalue weighted by molar-refractivity contribution is 5.90. The third-order valence-corrected chi connectivity index (χ3v) is 3.17. The zero-order valence-corrected chi connectivity index (χ0v) is 11.8. The van der Waals surface area contributed by atoms with Crippen LogP contribution >= 0.6 is 0 Å². The smallest absolute Gasteiger partial charge is 0.196 e. The second kappa shape index (κ2) is 5.31. The Kier molecular flexibility index (Phi) is 3.74. The third kappa shape index (κ3) is 2.87. The molecule has 0 unspecified atom stereocenters. The maximum Gasteiger partial charge on any atom is 0.196 e. The van der Waals surface area contributed by atoms with Gasteiger partial charge in [-0.1, -0.05) is 26.0 Å². The molecule has 2 rings (SSSR count). The molecule has 0 atom stereocenters. The van der Waals surface area contributed by atoms with Crippen molar-refractivity contribution in [3.05, 3.63) is 47.4 Å². The van der Waals surface area contributed by atoms with Gasteiger partial charge in [-0.25, -0.2) is 9.97 Å². The van der Waals surface area contributed by atoms with Crippen LogP contribution in [0.15, 0.2) is 30.5 Å². The minimum atomic E-state index is -0.112. The first-order chi connectivity index (χ1) is 8.99. The van der Waals surface area contributed by atoms with Crippen molar-refractivity contribution in [2.24, 2.45) is 0 Å². The van der Waals surface area contributed by atoms with E-state index in [0.717, 1.165) is 16.8 Å². The molecule has 0 fully saturated rings. The second-order valence-corrected chi connectivity index (χ2v) is 5.05. The van der Waals surface area contributed by atoms with Crippen molar-refractivity contribution in [1.29, 1.82) is 0 Å². The molecular weight excluding hydrogens is 236 g/mol. The molecule has 0 saturated heterocycles. The maximum absolute atomic E-state index is 11.4. The molecule has 98 valence electrons. The number of benzene rings is 1. The molecule has 3 nitrogen and oxygen atoms in total. The Hall–Kier alpha value is -2.03. The number of hydrogen-bond donors (Lipinski definition) is 0. The molecule has 0 aliphatic rings. The summed E-state index contributed by atoms with van der Waals surface area (Å²) in [4.78, 5) is 19.7. The molecule has 3 heteroatoms. The standard InChI is InChI=1S/C16H18N2O/c1-10(2)13-6-5-11(3)14(9-13)15-7-8-17-16(18-15)12(4)19/h5-10H,1-4H3. The average Bonchev–Trinajstić information content (AvgIpc) is 2.39. The summed E-state index contributed by atoms with van der Waals surface area (Å²) in [6.07, 6.45) is 1.64. The average molecular weight is 254 g/mol. The molecule has 1 aromatic heterocycles. The van der Waals surface area contributed by atoms with Crippen LogP contribution in [0.2, 0.25) is 0 Å². The van der Waals surface area contributed by atoms with Gasteiger partial charge in [0.2, 0.25) is 0 Å². The van der Waals surface area contributed by atoms with Crippen LogP contribution in [0.25, 0.3) is 11.3 Å². The fourth-order valence-corrected chi connectivity index (χ4v) is 1.95. The lowest BCUT2D eigenvalue weighted by molar-refractivity contribution is 0.100. The van der Waals surface area contributed by atoms with Gasteiger partial charge < -0.3 is 0 Å². The largest absolute Gasteiger partial charge is 0.291 e. The minimum Gasteiger partial charge on any atom is -0.291 e. The van der Waals surface area contributed by atoms with E-state index in [4.69, 9.17) is 0 Å². The van der Waals surface area contributed by atoms with Crippen LogP contribution in [0, 0.1) is 6.92 Å². The van der Waals surface area contributed by atoms with Gasteiger partial charge in [-0.15, -0.1) is 0 Å². The van der Waals surface area contributed by atoms with Crippen molar-refractivity contribution in [2.45, 2.75) is 33.6 Å². The monoisotopic (exact) mass is 254 g/mol. The first kappa shape index (κ1) is 13.4. The Balaban J connectivity index is 2.54. The van der Waals surface area contributed by atoms with Crippen molar-refractivity contribution in [3.8, 4) is 11.3 Å². The van der Waals surface area contributed by atoms with Crippen LogP contribution in [0.3, 0.4) is 0 Å². The first-order valence-corrected chi connectivity index (χ1v) is 6.44. The summed E-state index contributed by atoms with van der Waals surface area (Å²) in [6.45, 7) is 7.86. The van der Waals surface area contributed by atoms with Crippen LogP contribution < -0.4 is 0 Å². The van der Waals surface area contributed by atoms with Crippen molar-refractivity contribution < 1.29 is 4.79 Å². The summed E-state index contributed by atoms with van der Waals surface area (Å²) < 4.78 is 0. The molecule has 2 aromatic rings. The van der Waals surface area contributed by atoms with Gasteiger partial charge in [-0.3, -0.25) is 4.79 Å². The molecule has 1 heterocycles. The predicted molar refractivity (Wildman–Crippen MR) is 76.3 cm³/mol. The third-order valence-electron chi connectivity index (χ3n) is 3.17. The number of carbonyl (C=O) groups is 1. The zero-order valence-electron chi connectivity index (χ0n) is 11.8. The van der Waals surface area contributed by atoms with Crippen molar-refractivity contribution in [2.75, 3.05) is 0 Å².